The molecular weight excluding hydrogens is 1730 g/mol. The Morgan fingerprint density at radius 3 is 1.57 bits per heavy atom. The van der Waals surface area contributed by atoms with Crippen molar-refractivity contribution in [3.05, 3.63) is 47.8 Å². The minimum absolute atomic E-state index is 0.00707. The van der Waals surface area contributed by atoms with E-state index in [1.807, 2.05) is 0 Å². The molecule has 26 N–H and O–H groups in total. The molecule has 18 atom stereocenters. The lowest BCUT2D eigenvalue weighted by molar-refractivity contribution is -0.137. The van der Waals surface area contributed by atoms with E-state index in [2.05, 4.69) is 95.4 Å². The van der Waals surface area contributed by atoms with Crippen LogP contribution in [0.15, 0.2) is 36.5 Å². The highest BCUT2D eigenvalue weighted by Crippen LogP contribution is 2.28. The minimum atomic E-state index is -1.80. The molecule has 43 nitrogen and oxygen atoms in total. The van der Waals surface area contributed by atoms with Gasteiger partial charge in [0.05, 0.1) is 37.2 Å². The van der Waals surface area contributed by atoms with Gasteiger partial charge in [-0.15, -0.1) is 5.10 Å². The predicted octanol–water partition coefficient (Wildman–Crippen LogP) is -4.88. The Morgan fingerprint density at radius 2 is 1.02 bits per heavy atom. The van der Waals surface area contributed by atoms with E-state index in [0.717, 1.165) is 39.0 Å². The highest BCUT2D eigenvalue weighted by atomic mass is 32.2. The number of amides is 17. The average Bonchev–Trinajstić information content (AvgIpc) is 1.64. The smallest absolute Gasteiger partial charge is 0.245 e. The summed E-state index contributed by atoms with van der Waals surface area (Å²) in [6, 6.07) is -13.4. The number of rotatable bonds is 50. The van der Waals surface area contributed by atoms with Crippen LogP contribution < -0.4 is 102 Å². The van der Waals surface area contributed by atoms with Crippen molar-refractivity contribution in [2.24, 2.45) is 35.0 Å². The van der Waals surface area contributed by atoms with Gasteiger partial charge in [0.2, 0.25) is 100 Å². The number of aryl methyl sites for hydroxylation is 1. The second-order valence-electron chi connectivity index (χ2n) is 34.1. The van der Waals surface area contributed by atoms with Crippen LogP contribution in [0.4, 0.5) is 0 Å². The van der Waals surface area contributed by atoms with Gasteiger partial charge in [-0.3, -0.25) is 86.2 Å². The molecule has 1 aliphatic carbocycles. The number of nitrogens with zero attached hydrogens (tertiary/aromatic N) is 3. The summed E-state index contributed by atoms with van der Waals surface area (Å²) < 4.78 is 1.43. The Morgan fingerprint density at radius 1 is 0.523 bits per heavy atom. The van der Waals surface area contributed by atoms with Crippen LogP contribution in [0.5, 0.6) is 0 Å². The summed E-state index contributed by atoms with van der Waals surface area (Å²) in [5.41, 5.74) is 18.0. The topological polar surface area (TPSA) is 672 Å². The maximum Gasteiger partial charge on any atom is 0.245 e. The summed E-state index contributed by atoms with van der Waals surface area (Å²) in [6.45, 7) is 12.1. The number of aromatic nitrogens is 3. The normalized spacial score (nSPS) is 19.8. The monoisotopic (exact) mass is 1870 g/mol. The maximum absolute atomic E-state index is 15.0. The van der Waals surface area contributed by atoms with Crippen molar-refractivity contribution in [3.63, 3.8) is 0 Å². The fraction of sp³-hybridized carbons (Fsp3) is 0.706. The van der Waals surface area contributed by atoms with Gasteiger partial charge in [-0.05, 0) is 178 Å². The first kappa shape index (κ1) is 112. The van der Waals surface area contributed by atoms with Crippen LogP contribution in [0, 0.1) is 17.8 Å². The number of carbonyl (C=O) groups is 17. The van der Waals surface area contributed by atoms with E-state index in [1.165, 1.54) is 62.1 Å². The fourth-order valence-corrected chi connectivity index (χ4v) is 15.6. The molecule has 2 heterocycles. The van der Waals surface area contributed by atoms with Crippen molar-refractivity contribution in [2.45, 2.75) is 313 Å². The van der Waals surface area contributed by atoms with Crippen molar-refractivity contribution in [1.82, 2.24) is 100 Å². The van der Waals surface area contributed by atoms with Crippen LogP contribution in [0.3, 0.4) is 0 Å². The number of hydrogen-bond donors (Lipinski definition) is 23. The van der Waals surface area contributed by atoms with Crippen LogP contribution in [0.2, 0.25) is 0 Å². The Kier molecular flexibility index (Phi) is 51.1. The number of aliphatic hydroxyl groups excluding tert-OH is 4. The first-order chi connectivity index (χ1) is 61.6. The molecule has 1 unspecified atom stereocenters. The zero-order valence-electron chi connectivity index (χ0n) is 76.5. The SMILES string of the molecule is CSCC[C@H](NC(=O)CNC(=O)C(CC1CCCCC1)NC(=O)[C@@H](NC(=O)[C@@H](NC(C)=O)[C@@H](C)O)[C@@H](C)O)C(=O)N[C@@H](CCSC)C(=O)N[C@H](C(=O)N[C@@H](CC(C)C)C(=O)N[C@@H](CCCCN)C(=O)N[C@H]1CCCCn2cc(nn2)C[C@H](C(=O)N[C@@H](CC(C)C)C(=O)N[C@@H](CO)C(N)=O)NC(=O)[C@H](CCCCN)NC(=O)[C@H](Cc2ccccc2)NC(=O)[C@H](C)NC1=O)[C@@H](C)O. The van der Waals surface area contributed by atoms with Crippen LogP contribution in [0.1, 0.15) is 196 Å². The predicted molar refractivity (Wildman–Crippen MR) is 484 cm³/mol. The lowest BCUT2D eigenvalue weighted by Gasteiger charge is -2.30. The first-order valence-electron chi connectivity index (χ1n) is 44.7. The van der Waals surface area contributed by atoms with Gasteiger partial charge in [0.25, 0.3) is 0 Å². The molecule has 1 fully saturated rings. The molecule has 130 heavy (non-hydrogen) atoms. The van der Waals surface area contributed by atoms with Crippen LogP contribution in [-0.2, 0) is 101 Å². The molecule has 1 saturated carbocycles. The number of nitrogens with two attached hydrogens (primary N) is 3. The number of carbonyl (C=O) groups excluding carboxylic acids is 17. The van der Waals surface area contributed by atoms with E-state index in [-0.39, 0.29) is 132 Å². The summed E-state index contributed by atoms with van der Waals surface area (Å²) in [6.07, 6.45) is 5.53. The molecule has 17 amide bonds. The van der Waals surface area contributed by atoms with E-state index in [0.29, 0.717) is 30.6 Å². The second kappa shape index (κ2) is 59.3. The van der Waals surface area contributed by atoms with Gasteiger partial charge in [-0.2, -0.15) is 23.5 Å². The molecule has 2 aliphatic rings. The molecule has 1 aromatic heterocycles. The molecule has 1 aromatic carbocycles. The highest BCUT2D eigenvalue weighted by molar-refractivity contribution is 7.98. The number of fused-ring (bicyclic) bond motifs is 2. The van der Waals surface area contributed by atoms with Crippen molar-refractivity contribution >= 4 is 124 Å². The number of nitrogens with one attached hydrogen (secondary N) is 16. The van der Waals surface area contributed by atoms with E-state index < -0.39 is 223 Å². The van der Waals surface area contributed by atoms with Crippen LogP contribution in [-0.4, -0.2) is 295 Å². The third-order valence-corrected chi connectivity index (χ3v) is 23.1. The molecule has 0 saturated heterocycles. The average molecular weight is 1870 g/mol. The molecule has 45 heteroatoms. The molecule has 0 radical (unpaired) electrons. The number of aliphatic hydroxyl groups is 4. The third-order valence-electron chi connectivity index (χ3n) is 21.9. The number of thioether (sulfide) groups is 2. The van der Waals surface area contributed by atoms with Crippen LogP contribution >= 0.6 is 23.5 Å². The number of hydrogen-bond acceptors (Lipinski definition) is 27. The summed E-state index contributed by atoms with van der Waals surface area (Å²) in [5, 5.41) is 92.1. The van der Waals surface area contributed by atoms with E-state index in [9.17, 15) is 102 Å². The standard InChI is InChI=1S/C85H142N22O21S2/c1-46(2)38-61(80(123)102-66(45-108)71(88)114)98-82(125)65-42-55-44-107(106-105-55)35-23-20-30-56(74(117)90-48(5)72(115)97-64(41-54-26-16-13-17-27-54)81(124)95-58(76(119)99-65)29-19-22-34-87)93-75(118)57(28-18-21-33-86)94-79(122)62(39-47(3)4)100-83(126)69(50(7)110)103-78(121)60(32-37-130-11)96-77(120)59(31-36-129-10)92-67(113)43-89-73(116)63(40-53-24-14-12-15-25-53)101-84(127)70(51(8)111)104-85(128)68(49(6)109)91-52(9)112/h13,16-17,26-27,44,46-51,53,56-66,68-70,108-111H,12,14-15,18-25,28-43,45,86-87H2,1-11H3,(H2,88,114)(H,89,116)(H,90,117)(H,91,112)(H,92,113)(H,93,118)(H,94,122)(H,95,124)(H,96,120)(H,97,115)(H,98,125)(H,99,119)(H,100,126)(H,101,127)(H,102,123)(H,103,121)(H,104,128)/t48-,49+,50+,51+,56-,57-,58-,59-,60-,61-,62-,63?,64-,65+,66-,68-,69-,70-/m0/s1. The summed E-state index contributed by atoms with van der Waals surface area (Å²) >= 11 is 2.64. The minimum Gasteiger partial charge on any atom is -0.394 e. The Labute approximate surface area is 767 Å². The van der Waals surface area contributed by atoms with E-state index >= 15 is 0 Å². The maximum atomic E-state index is 15.0. The Bertz CT molecular complexity index is 4010. The number of primary amides is 1. The molecule has 4 rings (SSSR count). The van der Waals surface area contributed by atoms with Crippen molar-refractivity contribution in [1.29, 1.82) is 0 Å². The number of unbranched alkanes of at least 4 members (excludes halogenated alkanes) is 2. The summed E-state index contributed by atoms with van der Waals surface area (Å²) in [4.78, 5) is 239. The summed E-state index contributed by atoms with van der Waals surface area (Å²) in [5.74, 6) is -15.2. The third kappa shape index (κ3) is 40.7. The molecule has 2 bridgehead atoms. The van der Waals surface area contributed by atoms with Crippen LogP contribution in [0.25, 0.3) is 0 Å². The largest absolute Gasteiger partial charge is 0.394 e. The quantitative estimate of drug-likeness (QED) is 0.0276. The van der Waals surface area contributed by atoms with Crippen molar-refractivity contribution in [3.8, 4) is 0 Å². The van der Waals surface area contributed by atoms with Gasteiger partial charge in [0.15, 0.2) is 0 Å². The highest BCUT2D eigenvalue weighted by Gasteiger charge is 2.41. The van der Waals surface area contributed by atoms with Gasteiger partial charge >= 0.3 is 0 Å². The Hall–Kier alpha value is -10.2. The molecule has 1 aliphatic heterocycles. The number of benzene rings is 1. The Balaban J connectivity index is 1.63. The van der Waals surface area contributed by atoms with Crippen molar-refractivity contribution < 1.29 is 102 Å². The van der Waals surface area contributed by atoms with Gasteiger partial charge in [0.1, 0.15) is 90.6 Å². The lowest BCUT2D eigenvalue weighted by Crippen LogP contribution is -2.62. The molecular formula is C85H142N22O21S2. The second-order valence-corrected chi connectivity index (χ2v) is 36.1. The lowest BCUT2D eigenvalue weighted by atomic mass is 9.84. The van der Waals surface area contributed by atoms with Gasteiger partial charge in [0, 0.05) is 32.5 Å². The zero-order chi connectivity index (χ0) is 96.9. The fourth-order valence-electron chi connectivity index (χ4n) is 14.6. The molecule has 2 aromatic rings. The summed E-state index contributed by atoms with van der Waals surface area (Å²) in [7, 11) is 0. The van der Waals surface area contributed by atoms with E-state index in [1.54, 1.807) is 70.5 Å². The van der Waals surface area contributed by atoms with Gasteiger partial charge < -0.3 is 123 Å². The first-order valence-corrected chi connectivity index (χ1v) is 47.5. The van der Waals surface area contributed by atoms with Gasteiger partial charge in [-0.1, -0.05) is 95.3 Å². The molecule has 730 valence electrons. The van der Waals surface area contributed by atoms with Crippen molar-refractivity contribution in [2.75, 3.05) is 50.3 Å². The molecule has 0 spiro atoms. The van der Waals surface area contributed by atoms with E-state index in [4.69, 9.17) is 17.2 Å². The van der Waals surface area contributed by atoms with Gasteiger partial charge in [-0.25, -0.2) is 0 Å². The zero-order valence-corrected chi connectivity index (χ0v) is 78.1.